The second-order valence-electron chi connectivity index (χ2n) is 6.47. The fourth-order valence-electron chi connectivity index (χ4n) is 2.52. The van der Waals surface area contributed by atoms with Crippen molar-refractivity contribution in [1.29, 1.82) is 5.26 Å². The van der Waals surface area contributed by atoms with Crippen LogP contribution < -0.4 is 15.9 Å². The van der Waals surface area contributed by atoms with Gasteiger partial charge in [0.1, 0.15) is 6.07 Å². The number of hydrazone groups is 1. The molecule has 164 valence electrons. The Morgan fingerprint density at radius 2 is 1.94 bits per heavy atom. The summed E-state index contributed by atoms with van der Waals surface area (Å²) in [5.74, 6) is -0.930. The summed E-state index contributed by atoms with van der Waals surface area (Å²) in [6.07, 6.45) is -1.37. The molecular weight excluding hydrogens is 463 g/mol. The fraction of sp³-hybridized carbons (Fsp3) is 0.167. The number of H-pyrrole nitrogens is 1. The Morgan fingerprint density at radius 1 is 1.25 bits per heavy atom. The maximum Gasteiger partial charge on any atom is 0.412 e. The van der Waals surface area contributed by atoms with Crippen molar-refractivity contribution in [3.8, 4) is 17.7 Å². The minimum absolute atomic E-state index is 0.0755. The quantitative estimate of drug-likeness (QED) is 0.207. The number of aromatic amines is 1. The number of nitrogens with zero attached hydrogens (tertiary/aromatic N) is 5. The Labute approximate surface area is 190 Å². The van der Waals surface area contributed by atoms with Crippen molar-refractivity contribution < 1.29 is 19.1 Å². The number of benzene rings is 1. The van der Waals surface area contributed by atoms with Gasteiger partial charge in [-0.05, 0) is 18.1 Å². The summed E-state index contributed by atoms with van der Waals surface area (Å²) in [6, 6.07) is 5.89. The molecule has 1 aromatic carbocycles. The SMILES string of the molecule is CC(C)c1n[nH]c2nnc(Oc3c(Cl)cc(NN=C(C#N)C(=O)OC(N)=O)cc3Cl)cc12. The molecule has 0 fully saturated rings. The van der Waals surface area contributed by atoms with Gasteiger partial charge in [-0.1, -0.05) is 37.0 Å². The van der Waals surface area contributed by atoms with Gasteiger partial charge in [-0.15, -0.1) is 10.2 Å². The number of anilines is 1. The maximum absolute atomic E-state index is 11.5. The highest BCUT2D eigenvalue weighted by Gasteiger charge is 2.18. The topological polar surface area (TPSA) is 181 Å². The smallest absolute Gasteiger partial charge is 0.412 e. The molecule has 14 heteroatoms. The molecule has 2 aromatic heterocycles. The van der Waals surface area contributed by atoms with Crippen LogP contribution in [0.25, 0.3) is 11.0 Å². The van der Waals surface area contributed by atoms with Crippen LogP contribution in [0.3, 0.4) is 0 Å². The Kier molecular flexibility index (Phi) is 6.72. The number of hydrogen-bond donors (Lipinski definition) is 3. The van der Waals surface area contributed by atoms with E-state index >= 15 is 0 Å². The number of primary amides is 1. The number of carbonyl (C=O) groups excluding carboxylic acids is 2. The van der Waals surface area contributed by atoms with Gasteiger partial charge in [0.05, 0.1) is 21.4 Å². The van der Waals surface area contributed by atoms with Crippen LogP contribution in [0.4, 0.5) is 10.5 Å². The number of aromatic nitrogens is 4. The molecule has 0 aliphatic carbocycles. The van der Waals surface area contributed by atoms with Crippen molar-refractivity contribution in [2.75, 3.05) is 5.43 Å². The van der Waals surface area contributed by atoms with Gasteiger partial charge in [0.2, 0.25) is 11.6 Å². The van der Waals surface area contributed by atoms with Crippen molar-refractivity contribution in [2.45, 2.75) is 19.8 Å². The van der Waals surface area contributed by atoms with E-state index in [0.29, 0.717) is 5.65 Å². The second-order valence-corrected chi connectivity index (χ2v) is 7.29. The summed E-state index contributed by atoms with van der Waals surface area (Å²) in [4.78, 5) is 22.1. The molecule has 0 saturated carbocycles. The van der Waals surface area contributed by atoms with Crippen LogP contribution in [0.2, 0.25) is 10.0 Å². The number of amides is 1. The van der Waals surface area contributed by atoms with E-state index < -0.39 is 17.8 Å². The van der Waals surface area contributed by atoms with Crippen molar-refractivity contribution in [3.05, 3.63) is 33.9 Å². The van der Waals surface area contributed by atoms with Gasteiger partial charge in [0.25, 0.3) is 0 Å². The lowest BCUT2D eigenvalue weighted by molar-refractivity contribution is -0.129. The number of nitrogens with one attached hydrogen (secondary N) is 2. The van der Waals surface area contributed by atoms with E-state index in [2.05, 4.69) is 35.7 Å². The molecule has 12 nitrogen and oxygen atoms in total. The van der Waals surface area contributed by atoms with Crippen LogP contribution in [0, 0.1) is 11.3 Å². The number of carbonyl (C=O) groups is 2. The number of nitrogens with two attached hydrogens (primary N) is 1. The molecule has 32 heavy (non-hydrogen) atoms. The molecule has 3 aromatic rings. The molecule has 1 amide bonds. The van der Waals surface area contributed by atoms with Crippen molar-refractivity contribution >= 4 is 57.7 Å². The number of halogens is 2. The van der Waals surface area contributed by atoms with E-state index in [9.17, 15) is 9.59 Å². The van der Waals surface area contributed by atoms with E-state index in [0.717, 1.165) is 11.1 Å². The Morgan fingerprint density at radius 3 is 2.53 bits per heavy atom. The lowest BCUT2D eigenvalue weighted by Crippen LogP contribution is -2.24. The molecule has 0 radical (unpaired) electrons. The average molecular weight is 477 g/mol. The summed E-state index contributed by atoms with van der Waals surface area (Å²) in [6.45, 7) is 3.98. The molecule has 0 aliphatic rings. The van der Waals surface area contributed by atoms with Crippen LogP contribution >= 0.6 is 23.2 Å². The normalized spacial score (nSPS) is 11.3. The zero-order valence-corrected chi connectivity index (χ0v) is 18.0. The van der Waals surface area contributed by atoms with Gasteiger partial charge >= 0.3 is 12.1 Å². The number of rotatable bonds is 6. The fourth-order valence-corrected chi connectivity index (χ4v) is 3.08. The first-order valence-electron chi connectivity index (χ1n) is 8.83. The van der Waals surface area contributed by atoms with E-state index in [1.165, 1.54) is 18.2 Å². The van der Waals surface area contributed by atoms with Gasteiger partial charge in [0, 0.05) is 11.5 Å². The minimum atomic E-state index is -1.37. The lowest BCUT2D eigenvalue weighted by Gasteiger charge is -2.11. The van der Waals surface area contributed by atoms with Gasteiger partial charge in [-0.3, -0.25) is 10.5 Å². The van der Waals surface area contributed by atoms with Crippen LogP contribution in [-0.2, 0) is 9.53 Å². The first-order chi connectivity index (χ1) is 15.2. The molecule has 4 N–H and O–H groups in total. The Balaban J connectivity index is 1.83. The van der Waals surface area contributed by atoms with Crippen LogP contribution in [-0.4, -0.2) is 38.2 Å². The number of esters is 1. The van der Waals surface area contributed by atoms with Crippen LogP contribution in [0.5, 0.6) is 11.6 Å². The number of hydrogen-bond acceptors (Lipinski definition) is 10. The second kappa shape index (κ2) is 9.46. The molecule has 2 heterocycles. The summed E-state index contributed by atoms with van der Waals surface area (Å²) >= 11 is 12.5. The largest absolute Gasteiger partial charge is 0.434 e. The van der Waals surface area contributed by atoms with Crippen LogP contribution in [0.15, 0.2) is 23.3 Å². The first-order valence-corrected chi connectivity index (χ1v) is 9.59. The molecule has 0 unspecified atom stereocenters. The van der Waals surface area contributed by atoms with Crippen LogP contribution in [0.1, 0.15) is 25.5 Å². The van der Waals surface area contributed by atoms with E-state index in [4.69, 9.17) is 38.9 Å². The zero-order valence-electron chi connectivity index (χ0n) is 16.5. The third-order valence-electron chi connectivity index (χ3n) is 3.87. The number of ether oxygens (including phenoxy) is 2. The highest BCUT2D eigenvalue weighted by atomic mass is 35.5. The summed E-state index contributed by atoms with van der Waals surface area (Å²) in [5, 5.41) is 28.4. The maximum atomic E-state index is 11.5. The minimum Gasteiger partial charge on any atom is -0.434 e. The first kappa shape index (κ1) is 22.7. The Hall–Kier alpha value is -3.95. The molecule has 0 bridgehead atoms. The molecule has 0 spiro atoms. The molecule has 0 saturated heterocycles. The van der Waals surface area contributed by atoms with Crippen molar-refractivity contribution in [3.63, 3.8) is 0 Å². The number of nitriles is 1. The molecule has 0 aliphatic heterocycles. The predicted molar refractivity (Wildman–Crippen MR) is 115 cm³/mol. The van der Waals surface area contributed by atoms with Gasteiger partial charge in [-0.25, -0.2) is 9.59 Å². The average Bonchev–Trinajstić information content (AvgIpc) is 3.14. The summed E-state index contributed by atoms with van der Waals surface area (Å²) < 4.78 is 9.80. The standard InChI is InChI=1S/C18H14Cl2N8O4/c1-7(2)14-9-5-13(25-27-16(9)28-26-14)31-15-10(19)3-8(4-11(15)20)23-24-12(6-21)17(29)32-18(22)30/h3-5,7,23H,1-2H3,(H2,22,30)(H,26,27,28). The molecular formula is C18H14Cl2N8O4. The zero-order chi connectivity index (χ0) is 23.4. The highest BCUT2D eigenvalue weighted by Crippen LogP contribution is 2.39. The molecule has 0 atom stereocenters. The molecule has 3 rings (SSSR count). The van der Waals surface area contributed by atoms with Gasteiger partial charge in [0.15, 0.2) is 11.4 Å². The summed E-state index contributed by atoms with van der Waals surface area (Å²) in [7, 11) is 0. The van der Waals surface area contributed by atoms with Gasteiger partial charge < -0.3 is 15.2 Å². The van der Waals surface area contributed by atoms with Crippen molar-refractivity contribution in [1.82, 2.24) is 20.4 Å². The van der Waals surface area contributed by atoms with E-state index in [1.54, 1.807) is 6.07 Å². The van der Waals surface area contributed by atoms with Crippen molar-refractivity contribution in [2.24, 2.45) is 10.8 Å². The summed E-state index contributed by atoms with van der Waals surface area (Å²) in [5.41, 5.74) is 7.92. The number of fused-ring (bicyclic) bond motifs is 1. The van der Waals surface area contributed by atoms with E-state index in [1.807, 2.05) is 13.8 Å². The Bertz CT molecular complexity index is 1260. The lowest BCUT2D eigenvalue weighted by atomic mass is 10.1. The predicted octanol–water partition coefficient (Wildman–Crippen LogP) is 3.49. The highest BCUT2D eigenvalue weighted by molar-refractivity contribution is 6.44. The third kappa shape index (κ3) is 5.02. The third-order valence-corrected chi connectivity index (χ3v) is 4.43. The van der Waals surface area contributed by atoms with E-state index in [-0.39, 0.29) is 33.3 Å². The van der Waals surface area contributed by atoms with Gasteiger partial charge in [-0.2, -0.15) is 15.5 Å². The monoisotopic (exact) mass is 476 g/mol.